The molecule has 0 saturated heterocycles. The van der Waals surface area contributed by atoms with Gasteiger partial charge in [-0.05, 0) is 39.1 Å². The van der Waals surface area contributed by atoms with Crippen LogP contribution in [0.5, 0.6) is 11.5 Å². The van der Waals surface area contributed by atoms with Crippen LogP contribution in [0.25, 0.3) is 0 Å². The van der Waals surface area contributed by atoms with Crippen LogP contribution in [0.2, 0.25) is 0 Å². The van der Waals surface area contributed by atoms with Crippen molar-refractivity contribution in [1.82, 2.24) is 5.32 Å². The minimum absolute atomic E-state index is 0.0355. The third-order valence-electron chi connectivity index (χ3n) is 2.83. The van der Waals surface area contributed by atoms with Crippen molar-refractivity contribution in [2.45, 2.75) is 19.4 Å². The number of ketones is 1. The topological polar surface area (TPSA) is 47.6 Å². The Bertz CT molecular complexity index is 426. The monoisotopic (exact) mass is 221 g/mol. The van der Waals surface area contributed by atoms with E-state index in [4.69, 9.17) is 9.47 Å². The summed E-state index contributed by atoms with van der Waals surface area (Å²) in [5.41, 5.74) is 0.0526. The molecule has 0 atom stereocenters. The summed E-state index contributed by atoms with van der Waals surface area (Å²) < 4.78 is 10.4. The molecule has 0 radical (unpaired) electrons. The molecule has 1 N–H and O–H groups in total. The molecular formula is C12H15NO3. The van der Waals surface area contributed by atoms with Crippen LogP contribution in [0.1, 0.15) is 24.2 Å². The van der Waals surface area contributed by atoms with Gasteiger partial charge in [-0.25, -0.2) is 0 Å². The highest BCUT2D eigenvalue weighted by atomic mass is 16.7. The Labute approximate surface area is 94.6 Å². The standard InChI is InChI=1S/C12H15NO3/c1-12(2,13-3)11(14)8-4-5-9-10(6-8)16-7-15-9/h4-6,13H,7H2,1-3H3. The molecule has 1 aromatic rings. The zero-order valence-corrected chi connectivity index (χ0v) is 9.66. The predicted molar refractivity (Wildman–Crippen MR) is 60.0 cm³/mol. The number of hydrogen-bond acceptors (Lipinski definition) is 4. The lowest BCUT2D eigenvalue weighted by Gasteiger charge is -2.22. The van der Waals surface area contributed by atoms with Crippen LogP contribution in [-0.2, 0) is 0 Å². The number of benzene rings is 1. The van der Waals surface area contributed by atoms with Crippen LogP contribution in [0.3, 0.4) is 0 Å². The SMILES string of the molecule is CNC(C)(C)C(=O)c1ccc2c(c1)OCO2. The molecule has 16 heavy (non-hydrogen) atoms. The quantitative estimate of drug-likeness (QED) is 0.787. The summed E-state index contributed by atoms with van der Waals surface area (Å²) >= 11 is 0. The second kappa shape index (κ2) is 3.79. The largest absolute Gasteiger partial charge is 0.454 e. The summed E-state index contributed by atoms with van der Waals surface area (Å²) in [5, 5.41) is 2.99. The van der Waals surface area contributed by atoms with Crippen LogP contribution < -0.4 is 14.8 Å². The Morgan fingerprint density at radius 3 is 2.69 bits per heavy atom. The summed E-state index contributed by atoms with van der Waals surface area (Å²) in [5.74, 6) is 1.37. The second-order valence-corrected chi connectivity index (χ2v) is 4.27. The number of rotatable bonds is 3. The van der Waals surface area contributed by atoms with Gasteiger partial charge in [-0.2, -0.15) is 0 Å². The Kier molecular flexibility index (Phi) is 2.59. The van der Waals surface area contributed by atoms with Gasteiger partial charge in [0, 0.05) is 5.56 Å². The van der Waals surface area contributed by atoms with Crippen LogP contribution in [-0.4, -0.2) is 25.2 Å². The highest BCUT2D eigenvalue weighted by molar-refractivity contribution is 6.03. The van der Waals surface area contributed by atoms with Crippen molar-refractivity contribution in [2.24, 2.45) is 0 Å². The van der Waals surface area contributed by atoms with Crippen LogP contribution in [0.15, 0.2) is 18.2 Å². The molecule has 4 nitrogen and oxygen atoms in total. The van der Waals surface area contributed by atoms with Gasteiger partial charge in [0.25, 0.3) is 0 Å². The Balaban J connectivity index is 2.32. The first-order valence-corrected chi connectivity index (χ1v) is 5.18. The smallest absolute Gasteiger partial charge is 0.231 e. The zero-order valence-electron chi connectivity index (χ0n) is 9.66. The fourth-order valence-electron chi connectivity index (χ4n) is 1.51. The summed E-state index contributed by atoms with van der Waals surface area (Å²) in [4.78, 5) is 12.1. The molecular weight excluding hydrogens is 206 g/mol. The first kappa shape index (κ1) is 11.0. The number of hydrogen-bond donors (Lipinski definition) is 1. The number of fused-ring (bicyclic) bond motifs is 1. The van der Waals surface area contributed by atoms with Crippen LogP contribution in [0.4, 0.5) is 0 Å². The van der Waals surface area contributed by atoms with Crippen molar-refractivity contribution in [1.29, 1.82) is 0 Å². The molecule has 0 unspecified atom stereocenters. The molecule has 0 fully saturated rings. The van der Waals surface area contributed by atoms with Gasteiger partial charge in [-0.1, -0.05) is 0 Å². The minimum Gasteiger partial charge on any atom is -0.454 e. The molecule has 1 heterocycles. The molecule has 0 aliphatic carbocycles. The predicted octanol–water partition coefficient (Wildman–Crippen LogP) is 1.60. The zero-order chi connectivity index (χ0) is 11.8. The first-order valence-electron chi connectivity index (χ1n) is 5.18. The van der Waals surface area contributed by atoms with Gasteiger partial charge in [0.2, 0.25) is 6.79 Å². The second-order valence-electron chi connectivity index (χ2n) is 4.27. The molecule has 0 saturated carbocycles. The van der Waals surface area contributed by atoms with E-state index in [1.54, 1.807) is 25.2 Å². The van der Waals surface area contributed by atoms with Gasteiger partial charge < -0.3 is 14.8 Å². The van der Waals surface area contributed by atoms with E-state index in [0.29, 0.717) is 17.1 Å². The summed E-state index contributed by atoms with van der Waals surface area (Å²) in [6.45, 7) is 3.92. The average Bonchev–Trinajstić information content (AvgIpc) is 2.74. The van der Waals surface area contributed by atoms with Crippen molar-refractivity contribution < 1.29 is 14.3 Å². The van der Waals surface area contributed by atoms with Crippen molar-refractivity contribution in [3.63, 3.8) is 0 Å². The van der Waals surface area contributed by atoms with Gasteiger partial charge in [0.15, 0.2) is 17.3 Å². The third kappa shape index (κ3) is 1.76. The van der Waals surface area contributed by atoms with E-state index in [9.17, 15) is 4.79 Å². The normalized spacial score (nSPS) is 13.9. The molecule has 0 amide bonds. The Hall–Kier alpha value is -1.55. The fraction of sp³-hybridized carbons (Fsp3) is 0.417. The summed E-state index contributed by atoms with van der Waals surface area (Å²) in [6, 6.07) is 5.25. The van der Waals surface area contributed by atoms with Crippen molar-refractivity contribution in [3.05, 3.63) is 23.8 Å². The highest BCUT2D eigenvalue weighted by Gasteiger charge is 2.27. The summed E-state index contributed by atoms with van der Waals surface area (Å²) in [6.07, 6.45) is 0. The number of carbonyl (C=O) groups is 1. The molecule has 1 aliphatic heterocycles. The molecule has 4 heteroatoms. The van der Waals surface area contributed by atoms with E-state index < -0.39 is 5.54 Å². The van der Waals surface area contributed by atoms with E-state index in [2.05, 4.69) is 5.32 Å². The fourth-order valence-corrected chi connectivity index (χ4v) is 1.51. The molecule has 0 bridgehead atoms. The minimum atomic E-state index is -0.576. The molecule has 86 valence electrons. The van der Waals surface area contributed by atoms with E-state index in [-0.39, 0.29) is 12.6 Å². The number of likely N-dealkylation sites (N-methyl/N-ethyl adjacent to an activating group) is 1. The lowest BCUT2D eigenvalue weighted by Crippen LogP contribution is -2.44. The maximum absolute atomic E-state index is 12.1. The average molecular weight is 221 g/mol. The van der Waals surface area contributed by atoms with Gasteiger partial charge in [0.05, 0.1) is 5.54 Å². The highest BCUT2D eigenvalue weighted by Crippen LogP contribution is 2.33. The van der Waals surface area contributed by atoms with Gasteiger partial charge in [0.1, 0.15) is 0 Å². The number of ether oxygens (including phenoxy) is 2. The van der Waals surface area contributed by atoms with Crippen LogP contribution >= 0.6 is 0 Å². The van der Waals surface area contributed by atoms with E-state index >= 15 is 0 Å². The molecule has 1 aromatic carbocycles. The van der Waals surface area contributed by atoms with Gasteiger partial charge in [-0.15, -0.1) is 0 Å². The lowest BCUT2D eigenvalue weighted by atomic mass is 9.93. The first-order chi connectivity index (χ1) is 7.54. The third-order valence-corrected chi connectivity index (χ3v) is 2.83. The van der Waals surface area contributed by atoms with E-state index in [1.807, 2.05) is 13.8 Å². The summed E-state index contributed by atoms with van der Waals surface area (Å²) in [7, 11) is 1.77. The van der Waals surface area contributed by atoms with Crippen LogP contribution in [0, 0.1) is 0 Å². The van der Waals surface area contributed by atoms with E-state index in [1.165, 1.54) is 0 Å². The molecule has 0 spiro atoms. The maximum Gasteiger partial charge on any atom is 0.231 e. The molecule has 2 rings (SSSR count). The van der Waals surface area contributed by atoms with Gasteiger partial charge in [-0.3, -0.25) is 4.79 Å². The van der Waals surface area contributed by atoms with Crippen molar-refractivity contribution in [3.8, 4) is 11.5 Å². The number of carbonyl (C=O) groups excluding carboxylic acids is 1. The molecule has 0 aromatic heterocycles. The van der Waals surface area contributed by atoms with E-state index in [0.717, 1.165) is 0 Å². The Morgan fingerprint density at radius 2 is 2.00 bits per heavy atom. The number of Topliss-reactive ketones (excluding diaryl/α,β-unsaturated/α-hetero) is 1. The lowest BCUT2D eigenvalue weighted by molar-refractivity contribution is 0.0889. The Morgan fingerprint density at radius 1 is 1.31 bits per heavy atom. The van der Waals surface area contributed by atoms with Gasteiger partial charge >= 0.3 is 0 Å². The number of nitrogens with one attached hydrogen (secondary N) is 1. The molecule has 1 aliphatic rings. The van der Waals surface area contributed by atoms with Crippen molar-refractivity contribution >= 4 is 5.78 Å². The van der Waals surface area contributed by atoms with Crippen molar-refractivity contribution in [2.75, 3.05) is 13.8 Å². The maximum atomic E-state index is 12.1.